The Balaban J connectivity index is 1.80. The Bertz CT molecular complexity index is 682. The second-order valence-corrected chi connectivity index (χ2v) is 5.23. The molecule has 2 aromatic rings. The number of nitrogens with one attached hydrogen (secondary N) is 2. The van der Waals surface area contributed by atoms with Crippen molar-refractivity contribution in [2.75, 3.05) is 12.3 Å². The third-order valence-electron chi connectivity index (χ3n) is 3.72. The van der Waals surface area contributed by atoms with Gasteiger partial charge in [-0.15, -0.1) is 0 Å². The van der Waals surface area contributed by atoms with E-state index >= 15 is 0 Å². The van der Waals surface area contributed by atoms with Crippen LogP contribution in [0.3, 0.4) is 0 Å². The van der Waals surface area contributed by atoms with Crippen LogP contribution in [-0.2, 0) is 19.5 Å². The van der Waals surface area contributed by atoms with Crippen molar-refractivity contribution in [2.24, 2.45) is 0 Å². The van der Waals surface area contributed by atoms with Crippen LogP contribution < -0.4 is 11.3 Å². The molecule has 0 atom stereocenters. The van der Waals surface area contributed by atoms with E-state index in [1.807, 2.05) is 13.8 Å². The van der Waals surface area contributed by atoms with Gasteiger partial charge >= 0.3 is 0 Å². The zero-order chi connectivity index (χ0) is 14.3. The number of rotatable bonds is 2. The lowest BCUT2D eigenvalue weighted by molar-refractivity contribution is 0.236. The molecule has 0 unspecified atom stereocenters. The van der Waals surface area contributed by atoms with Gasteiger partial charge in [0.2, 0.25) is 5.95 Å². The fourth-order valence-corrected chi connectivity index (χ4v) is 2.54. The molecule has 0 bridgehead atoms. The van der Waals surface area contributed by atoms with Gasteiger partial charge in [0.1, 0.15) is 5.82 Å². The summed E-state index contributed by atoms with van der Waals surface area (Å²) in [6.07, 6.45) is 0.738. The van der Waals surface area contributed by atoms with E-state index in [0.717, 1.165) is 35.9 Å². The molecule has 3 rings (SSSR count). The number of nitrogens with two attached hydrogens (primary N) is 1. The van der Waals surface area contributed by atoms with Crippen LogP contribution in [0.1, 0.15) is 28.5 Å². The molecule has 20 heavy (non-hydrogen) atoms. The average Bonchev–Trinajstić information content (AvgIpc) is 2.69. The summed E-state index contributed by atoms with van der Waals surface area (Å²) in [6.45, 7) is 6.13. The first-order valence-electron chi connectivity index (χ1n) is 6.65. The first kappa shape index (κ1) is 12.9. The summed E-state index contributed by atoms with van der Waals surface area (Å²) in [6, 6.07) is 0. The lowest BCUT2D eigenvalue weighted by Crippen LogP contribution is -2.35. The van der Waals surface area contributed by atoms with Crippen LogP contribution in [0.5, 0.6) is 0 Å². The maximum absolute atomic E-state index is 11.9. The van der Waals surface area contributed by atoms with E-state index in [0.29, 0.717) is 18.7 Å². The Morgan fingerprint density at radius 1 is 1.30 bits per heavy atom. The number of hydrogen-bond acceptors (Lipinski definition) is 5. The quantitative estimate of drug-likeness (QED) is 0.728. The highest BCUT2D eigenvalue weighted by molar-refractivity contribution is 5.27. The van der Waals surface area contributed by atoms with E-state index in [-0.39, 0.29) is 11.5 Å². The Hall–Kier alpha value is -2.15. The topological polar surface area (TPSA) is 104 Å². The lowest BCUT2D eigenvalue weighted by atomic mass is 10.1. The molecule has 0 saturated heterocycles. The Kier molecular flexibility index (Phi) is 3.06. The minimum atomic E-state index is -0.135. The van der Waals surface area contributed by atoms with E-state index in [1.165, 1.54) is 0 Å². The first-order chi connectivity index (χ1) is 9.52. The number of aryl methyl sites for hydroxylation is 2. The maximum atomic E-state index is 11.9. The number of fused-ring (bicyclic) bond motifs is 1. The van der Waals surface area contributed by atoms with Gasteiger partial charge in [0.05, 0.1) is 23.5 Å². The van der Waals surface area contributed by atoms with Gasteiger partial charge in [-0.05, 0) is 13.8 Å². The molecule has 0 saturated carbocycles. The molecule has 7 heteroatoms. The summed E-state index contributed by atoms with van der Waals surface area (Å²) in [5, 5.41) is 0. The lowest BCUT2D eigenvalue weighted by Gasteiger charge is -2.26. The highest BCUT2D eigenvalue weighted by Crippen LogP contribution is 2.16. The Morgan fingerprint density at radius 2 is 2.10 bits per heavy atom. The predicted octanol–water partition coefficient (Wildman–Crippen LogP) is 0.250. The molecule has 106 valence electrons. The number of anilines is 1. The average molecular weight is 274 g/mol. The van der Waals surface area contributed by atoms with Gasteiger partial charge in [0.15, 0.2) is 0 Å². The normalized spacial score (nSPS) is 15.3. The molecular weight excluding hydrogens is 256 g/mol. The fourth-order valence-electron chi connectivity index (χ4n) is 2.54. The second-order valence-electron chi connectivity index (χ2n) is 5.23. The third kappa shape index (κ3) is 2.32. The predicted molar refractivity (Wildman–Crippen MR) is 75.1 cm³/mol. The standard InChI is InChI=1S/C13H18N6O/c1-7-8(2)16-11(15-7)6-19-4-3-10-9(5-19)12(20)18-13(14)17-10/h3-6H2,1-2H3,(H,15,16)(H3,14,17,18,20). The van der Waals surface area contributed by atoms with Crippen LogP contribution in [0.25, 0.3) is 0 Å². The summed E-state index contributed by atoms with van der Waals surface area (Å²) in [7, 11) is 0. The van der Waals surface area contributed by atoms with Gasteiger partial charge in [-0.1, -0.05) is 0 Å². The third-order valence-corrected chi connectivity index (χ3v) is 3.72. The molecule has 0 amide bonds. The molecule has 2 aromatic heterocycles. The van der Waals surface area contributed by atoms with Crippen LogP contribution in [0.15, 0.2) is 4.79 Å². The smallest absolute Gasteiger partial charge is 0.257 e. The minimum Gasteiger partial charge on any atom is -0.369 e. The fraction of sp³-hybridized carbons (Fsp3) is 0.462. The highest BCUT2D eigenvalue weighted by Gasteiger charge is 2.21. The minimum absolute atomic E-state index is 0.135. The molecular formula is C13H18N6O. The summed E-state index contributed by atoms with van der Waals surface area (Å²) >= 11 is 0. The summed E-state index contributed by atoms with van der Waals surface area (Å²) < 4.78 is 0. The van der Waals surface area contributed by atoms with Crippen molar-refractivity contribution in [3.63, 3.8) is 0 Å². The summed E-state index contributed by atoms with van der Waals surface area (Å²) in [5.41, 5.74) is 9.06. The van der Waals surface area contributed by atoms with E-state index in [1.54, 1.807) is 0 Å². The highest BCUT2D eigenvalue weighted by atomic mass is 16.1. The van der Waals surface area contributed by atoms with Crippen LogP contribution in [0.4, 0.5) is 5.95 Å². The van der Waals surface area contributed by atoms with Crippen molar-refractivity contribution in [1.29, 1.82) is 0 Å². The van der Waals surface area contributed by atoms with Crippen LogP contribution in [0.2, 0.25) is 0 Å². The number of H-pyrrole nitrogens is 2. The molecule has 4 N–H and O–H groups in total. The largest absolute Gasteiger partial charge is 0.369 e. The monoisotopic (exact) mass is 274 g/mol. The van der Waals surface area contributed by atoms with Gasteiger partial charge in [-0.2, -0.15) is 0 Å². The number of nitrogens with zero attached hydrogens (tertiary/aromatic N) is 3. The van der Waals surface area contributed by atoms with Crippen molar-refractivity contribution in [3.05, 3.63) is 38.8 Å². The molecule has 0 aromatic carbocycles. The summed E-state index contributed by atoms with van der Waals surface area (Å²) in [4.78, 5) is 28.6. The van der Waals surface area contributed by atoms with E-state index < -0.39 is 0 Å². The number of aromatic amines is 2. The molecule has 0 aliphatic carbocycles. The molecule has 7 nitrogen and oxygen atoms in total. The Morgan fingerprint density at radius 3 is 2.80 bits per heavy atom. The maximum Gasteiger partial charge on any atom is 0.257 e. The van der Waals surface area contributed by atoms with Gasteiger partial charge in [-0.25, -0.2) is 9.97 Å². The number of nitrogen functional groups attached to an aromatic ring is 1. The van der Waals surface area contributed by atoms with Crippen LogP contribution >= 0.6 is 0 Å². The molecule has 0 spiro atoms. The van der Waals surface area contributed by atoms with Gasteiger partial charge in [0, 0.05) is 25.2 Å². The van der Waals surface area contributed by atoms with Crippen molar-refractivity contribution in [2.45, 2.75) is 33.4 Å². The van der Waals surface area contributed by atoms with Crippen LogP contribution in [-0.4, -0.2) is 31.4 Å². The van der Waals surface area contributed by atoms with E-state index in [9.17, 15) is 4.79 Å². The number of hydrogen-bond donors (Lipinski definition) is 3. The second kappa shape index (κ2) is 4.75. The van der Waals surface area contributed by atoms with Crippen molar-refractivity contribution < 1.29 is 0 Å². The van der Waals surface area contributed by atoms with Crippen molar-refractivity contribution >= 4 is 5.95 Å². The van der Waals surface area contributed by atoms with Crippen molar-refractivity contribution in [3.8, 4) is 0 Å². The zero-order valence-corrected chi connectivity index (χ0v) is 11.7. The SMILES string of the molecule is Cc1nc(CN2CCc3nc(N)[nH]c(=O)c3C2)[nH]c1C. The molecule has 3 heterocycles. The van der Waals surface area contributed by atoms with E-state index in [4.69, 9.17) is 5.73 Å². The van der Waals surface area contributed by atoms with Gasteiger partial charge in [-0.3, -0.25) is 14.7 Å². The van der Waals surface area contributed by atoms with E-state index in [2.05, 4.69) is 24.8 Å². The van der Waals surface area contributed by atoms with Gasteiger partial charge < -0.3 is 10.7 Å². The number of imidazole rings is 1. The Labute approximate surface area is 116 Å². The number of aromatic nitrogens is 4. The van der Waals surface area contributed by atoms with Gasteiger partial charge in [0.25, 0.3) is 5.56 Å². The molecule has 0 radical (unpaired) electrons. The molecule has 1 aliphatic heterocycles. The summed E-state index contributed by atoms with van der Waals surface area (Å²) in [5.74, 6) is 1.13. The molecule has 0 fully saturated rings. The molecule has 1 aliphatic rings. The zero-order valence-electron chi connectivity index (χ0n) is 11.7. The van der Waals surface area contributed by atoms with Crippen LogP contribution in [0, 0.1) is 13.8 Å². The van der Waals surface area contributed by atoms with Crippen molar-refractivity contribution in [1.82, 2.24) is 24.8 Å². The first-order valence-corrected chi connectivity index (χ1v) is 6.65.